The first kappa shape index (κ1) is 13.0. The molecule has 0 aromatic carbocycles. The molecule has 0 rings (SSSR count). The van der Waals surface area contributed by atoms with Crippen LogP contribution in [0.5, 0.6) is 0 Å². The van der Waals surface area contributed by atoms with Crippen LogP contribution in [-0.4, -0.2) is 23.0 Å². The van der Waals surface area contributed by atoms with Gasteiger partial charge in [-0.05, 0) is 30.7 Å². The second kappa shape index (κ2) is 8.61. The fourth-order valence-electron chi connectivity index (χ4n) is 1.23. The van der Waals surface area contributed by atoms with E-state index in [1.165, 1.54) is 37.2 Å². The van der Waals surface area contributed by atoms with E-state index in [1.54, 1.807) is 6.92 Å². The van der Waals surface area contributed by atoms with Crippen molar-refractivity contribution in [2.45, 2.75) is 46.5 Å². The lowest BCUT2D eigenvalue weighted by atomic mass is 10.4. The molecule has 0 unspecified atom stereocenters. The predicted molar refractivity (Wildman–Crippen MR) is 62.5 cm³/mol. The van der Waals surface area contributed by atoms with Gasteiger partial charge in [0.05, 0.1) is 0 Å². The van der Waals surface area contributed by atoms with Gasteiger partial charge in [-0.25, -0.2) is 0 Å². The number of carbonyl (C=O) groups excluding carboxylic acids is 1. The fraction of sp³-hybridized carbons (Fsp3) is 0.909. The zero-order valence-corrected chi connectivity index (χ0v) is 10.1. The summed E-state index contributed by atoms with van der Waals surface area (Å²) in [6, 6.07) is 0. The summed E-state index contributed by atoms with van der Waals surface area (Å²) >= 11 is 0. The Hall–Kier alpha value is 0.0200. The van der Waals surface area contributed by atoms with Gasteiger partial charge in [0.15, 0.2) is 11.5 Å². The van der Waals surface area contributed by atoms with E-state index in [0.29, 0.717) is 16.7 Å². The first-order chi connectivity index (χ1) is 6.20. The predicted octanol–water partition coefficient (Wildman–Crippen LogP) is 2.79. The Morgan fingerprint density at radius 2 is 1.54 bits per heavy atom. The van der Waals surface area contributed by atoms with Crippen molar-refractivity contribution in [2.24, 2.45) is 0 Å². The normalized spacial score (nSPS) is 10.8. The molecule has 0 aliphatic carbocycles. The van der Waals surface area contributed by atoms with Crippen LogP contribution >= 0.6 is 0 Å². The highest BCUT2D eigenvalue weighted by Gasteiger charge is 2.18. The largest absolute Gasteiger partial charge is 0.295 e. The minimum Gasteiger partial charge on any atom is -0.295 e. The van der Waals surface area contributed by atoms with E-state index in [1.807, 2.05) is 0 Å². The zero-order chi connectivity index (χ0) is 10.1. The molecule has 0 spiro atoms. The summed E-state index contributed by atoms with van der Waals surface area (Å²) in [6.45, 7) is 6.15. The third kappa shape index (κ3) is 8.35. The van der Waals surface area contributed by atoms with Crippen LogP contribution in [0.25, 0.3) is 0 Å². The molecular weight excluding hydrogens is 180 g/mol. The Morgan fingerprint density at radius 3 is 1.85 bits per heavy atom. The van der Waals surface area contributed by atoms with Gasteiger partial charge in [0.1, 0.15) is 11.5 Å². The van der Waals surface area contributed by atoms with Crippen LogP contribution in [0, 0.1) is 0 Å². The second-order valence-electron chi connectivity index (χ2n) is 3.57. The molecule has 13 heavy (non-hydrogen) atoms. The molecule has 0 radical (unpaired) electrons. The highest BCUT2D eigenvalue weighted by molar-refractivity contribution is 7.97. The molecule has 0 bridgehead atoms. The Bertz CT molecular complexity index is 126. The van der Waals surface area contributed by atoms with Gasteiger partial charge in [-0.15, -0.1) is 0 Å². The molecule has 0 aliphatic heterocycles. The van der Waals surface area contributed by atoms with E-state index in [2.05, 4.69) is 13.8 Å². The van der Waals surface area contributed by atoms with E-state index in [4.69, 9.17) is 0 Å². The van der Waals surface area contributed by atoms with Crippen LogP contribution in [0.4, 0.5) is 0 Å². The number of carbonyl (C=O) groups is 1. The first-order valence-electron chi connectivity index (χ1n) is 5.34. The molecule has 0 amide bonds. The Balaban J connectivity index is 3.66. The lowest BCUT2D eigenvalue weighted by Crippen LogP contribution is -2.20. The van der Waals surface area contributed by atoms with Gasteiger partial charge in [0.25, 0.3) is 0 Å². The van der Waals surface area contributed by atoms with Crippen molar-refractivity contribution in [3.63, 3.8) is 0 Å². The molecule has 2 heteroatoms. The van der Waals surface area contributed by atoms with Crippen LogP contribution < -0.4 is 0 Å². The van der Waals surface area contributed by atoms with Gasteiger partial charge in [-0.1, -0.05) is 26.7 Å². The minimum absolute atomic E-state index is 0.371. The van der Waals surface area contributed by atoms with Crippen LogP contribution in [0.1, 0.15) is 46.5 Å². The molecule has 0 N–H and O–H groups in total. The molecule has 1 nitrogen and oxygen atoms in total. The third-order valence-corrected chi connectivity index (χ3v) is 4.53. The van der Waals surface area contributed by atoms with Crippen LogP contribution in [-0.2, 0) is 15.7 Å². The number of hydrogen-bond acceptors (Lipinski definition) is 1. The van der Waals surface area contributed by atoms with E-state index in [-0.39, 0.29) is 0 Å². The van der Waals surface area contributed by atoms with E-state index < -0.39 is 0 Å². The van der Waals surface area contributed by atoms with Gasteiger partial charge in [-0.3, -0.25) is 4.79 Å². The summed E-state index contributed by atoms with van der Waals surface area (Å²) in [4.78, 5) is 11.0. The maximum Gasteiger partial charge on any atom is 0.178 e. The number of hydrogen-bond donors (Lipinski definition) is 0. The Labute approximate surface area is 85.6 Å². The number of Topliss-reactive ketones (excluding diaryl/α,β-unsaturated/α-hetero) is 1. The van der Waals surface area contributed by atoms with Crippen molar-refractivity contribution in [1.29, 1.82) is 0 Å². The van der Waals surface area contributed by atoms with Crippen LogP contribution in [0.2, 0.25) is 0 Å². The average Bonchev–Trinajstić information content (AvgIpc) is 2.09. The molecule has 78 valence electrons. The summed E-state index contributed by atoms with van der Waals surface area (Å²) in [7, 11) is 0.396. The van der Waals surface area contributed by atoms with Crippen molar-refractivity contribution in [2.75, 3.05) is 17.3 Å². The Morgan fingerprint density at radius 1 is 1.08 bits per heavy atom. The number of ketones is 1. The Kier molecular flexibility index (Phi) is 8.62. The van der Waals surface area contributed by atoms with Crippen molar-refractivity contribution in [1.82, 2.24) is 0 Å². The van der Waals surface area contributed by atoms with Gasteiger partial charge in [0.2, 0.25) is 0 Å². The standard InChI is InChI=1S/C11H23OS/c1-4-6-8-13(9-7-5-2)10-11(3)12/h4-10H2,1-3H3/q+1. The topological polar surface area (TPSA) is 17.1 Å². The minimum atomic E-state index is 0.371. The third-order valence-electron chi connectivity index (χ3n) is 1.98. The molecule has 0 aromatic rings. The van der Waals surface area contributed by atoms with E-state index >= 15 is 0 Å². The summed E-state index contributed by atoms with van der Waals surface area (Å²) in [5, 5.41) is 0. The lowest BCUT2D eigenvalue weighted by molar-refractivity contribution is -0.114. The molecular formula is C11H23OS+. The molecule has 0 aliphatic rings. The molecule has 0 fully saturated rings. The highest BCUT2D eigenvalue weighted by Crippen LogP contribution is 2.05. The van der Waals surface area contributed by atoms with Gasteiger partial charge in [0, 0.05) is 0 Å². The van der Waals surface area contributed by atoms with E-state index in [0.717, 1.165) is 5.75 Å². The number of unbranched alkanes of at least 4 members (excludes halogenated alkanes) is 2. The molecule has 0 saturated heterocycles. The summed E-state index contributed by atoms with van der Waals surface area (Å²) < 4.78 is 0. The van der Waals surface area contributed by atoms with Crippen molar-refractivity contribution in [3.8, 4) is 0 Å². The highest BCUT2D eigenvalue weighted by atomic mass is 32.2. The quantitative estimate of drug-likeness (QED) is 0.554. The SMILES string of the molecule is CCCC[S+](CCCC)CC(C)=O. The van der Waals surface area contributed by atoms with Gasteiger partial charge < -0.3 is 0 Å². The first-order valence-corrected chi connectivity index (χ1v) is 7.07. The summed E-state index contributed by atoms with van der Waals surface area (Å²) in [5.74, 6) is 3.75. The lowest BCUT2D eigenvalue weighted by Gasteiger charge is -2.05. The fourth-order valence-corrected chi connectivity index (χ4v) is 3.69. The monoisotopic (exact) mass is 203 g/mol. The smallest absolute Gasteiger partial charge is 0.178 e. The van der Waals surface area contributed by atoms with Crippen molar-refractivity contribution in [3.05, 3.63) is 0 Å². The van der Waals surface area contributed by atoms with Gasteiger partial charge >= 0.3 is 0 Å². The number of rotatable bonds is 8. The zero-order valence-electron chi connectivity index (χ0n) is 9.27. The van der Waals surface area contributed by atoms with Gasteiger partial charge in [-0.2, -0.15) is 0 Å². The summed E-state index contributed by atoms with van der Waals surface area (Å²) in [5.41, 5.74) is 0. The maximum absolute atomic E-state index is 11.0. The van der Waals surface area contributed by atoms with Crippen molar-refractivity contribution < 1.29 is 4.79 Å². The molecule has 0 aromatic heterocycles. The van der Waals surface area contributed by atoms with E-state index in [9.17, 15) is 4.79 Å². The van der Waals surface area contributed by atoms with Crippen molar-refractivity contribution >= 4 is 16.7 Å². The molecule has 0 heterocycles. The molecule has 0 saturated carbocycles. The maximum atomic E-state index is 11.0. The second-order valence-corrected chi connectivity index (χ2v) is 5.90. The van der Waals surface area contributed by atoms with Crippen LogP contribution in [0.15, 0.2) is 0 Å². The molecule has 0 atom stereocenters. The van der Waals surface area contributed by atoms with Crippen LogP contribution in [0.3, 0.4) is 0 Å². The summed E-state index contributed by atoms with van der Waals surface area (Å²) in [6.07, 6.45) is 5.10. The average molecular weight is 203 g/mol.